The van der Waals surface area contributed by atoms with Crippen molar-refractivity contribution in [1.82, 2.24) is 24.9 Å². The molecule has 0 unspecified atom stereocenters. The number of esters is 1. The number of hydrogen-bond donors (Lipinski definition) is 0. The molecular formula is C20H15ClFN5O3. The zero-order chi connectivity index (χ0) is 21.1. The first-order valence-corrected chi connectivity index (χ1v) is 9.36. The predicted octanol–water partition coefficient (Wildman–Crippen LogP) is 4.01. The molecule has 4 aromatic rings. The normalized spacial score (nSPS) is 10.9. The molecule has 0 spiro atoms. The number of carbonyl (C=O) groups is 1. The monoisotopic (exact) mass is 427 g/mol. The molecule has 0 atom stereocenters. The van der Waals surface area contributed by atoms with E-state index in [0.29, 0.717) is 22.6 Å². The summed E-state index contributed by atoms with van der Waals surface area (Å²) in [6.45, 7) is 2.05. The topological polar surface area (TPSA) is 95.9 Å². The minimum Gasteiger partial charge on any atom is -0.462 e. The molecule has 8 nitrogen and oxygen atoms in total. The molecule has 0 aliphatic rings. The number of carbonyl (C=O) groups excluding carboxylic acids is 1. The molecule has 0 saturated carbocycles. The molecule has 10 heteroatoms. The number of halogens is 2. The Bertz CT molecular complexity index is 1190. The van der Waals surface area contributed by atoms with Crippen molar-refractivity contribution in [3.05, 3.63) is 71.0 Å². The lowest BCUT2D eigenvalue weighted by Gasteiger charge is -2.06. The number of rotatable bonds is 6. The highest BCUT2D eigenvalue weighted by Crippen LogP contribution is 2.26. The van der Waals surface area contributed by atoms with Crippen LogP contribution in [0.5, 0.6) is 0 Å². The van der Waals surface area contributed by atoms with Gasteiger partial charge in [-0.25, -0.2) is 19.2 Å². The lowest BCUT2D eigenvalue weighted by Crippen LogP contribution is -2.08. The van der Waals surface area contributed by atoms with Crippen molar-refractivity contribution < 1.29 is 18.4 Å². The average Bonchev–Trinajstić information content (AvgIpc) is 3.39. The lowest BCUT2D eigenvalue weighted by molar-refractivity contribution is 0.0525. The zero-order valence-corrected chi connectivity index (χ0v) is 16.5. The summed E-state index contributed by atoms with van der Waals surface area (Å²) in [5.74, 6) is -0.758. The molecule has 0 saturated heterocycles. The average molecular weight is 428 g/mol. The highest BCUT2D eigenvalue weighted by atomic mass is 35.5. The van der Waals surface area contributed by atoms with E-state index in [1.54, 1.807) is 41.9 Å². The van der Waals surface area contributed by atoms with Gasteiger partial charge in [0.2, 0.25) is 0 Å². The fourth-order valence-corrected chi connectivity index (χ4v) is 3.02. The minimum atomic E-state index is -0.609. The molecule has 152 valence electrons. The second kappa shape index (κ2) is 8.42. The SMILES string of the molecule is CCOC(=O)c1cnc(-c2cc(-c3ccon3)n(Cc3ccccc3F)n2)nc1Cl. The fourth-order valence-electron chi connectivity index (χ4n) is 2.82. The first kappa shape index (κ1) is 19.7. The molecule has 4 rings (SSSR count). The van der Waals surface area contributed by atoms with Crippen LogP contribution in [0, 0.1) is 5.82 Å². The largest absolute Gasteiger partial charge is 0.462 e. The Morgan fingerprint density at radius 2 is 2.10 bits per heavy atom. The molecule has 0 radical (unpaired) electrons. The van der Waals surface area contributed by atoms with Gasteiger partial charge in [0.25, 0.3) is 0 Å². The summed E-state index contributed by atoms with van der Waals surface area (Å²) >= 11 is 6.14. The van der Waals surface area contributed by atoms with E-state index in [1.165, 1.54) is 18.5 Å². The van der Waals surface area contributed by atoms with Crippen molar-refractivity contribution in [1.29, 1.82) is 0 Å². The van der Waals surface area contributed by atoms with Gasteiger partial charge >= 0.3 is 5.97 Å². The van der Waals surface area contributed by atoms with Crippen LogP contribution in [0.15, 0.2) is 53.4 Å². The van der Waals surface area contributed by atoms with Crippen molar-refractivity contribution in [2.24, 2.45) is 0 Å². The molecule has 0 aliphatic heterocycles. The van der Waals surface area contributed by atoms with Crippen LogP contribution in [-0.4, -0.2) is 37.5 Å². The van der Waals surface area contributed by atoms with Gasteiger partial charge in [-0.05, 0) is 19.1 Å². The first-order valence-electron chi connectivity index (χ1n) is 8.99. The summed E-state index contributed by atoms with van der Waals surface area (Å²) in [5, 5.41) is 8.38. The maximum atomic E-state index is 14.2. The summed E-state index contributed by atoms with van der Waals surface area (Å²) in [5.41, 5.74) is 1.98. The van der Waals surface area contributed by atoms with Crippen molar-refractivity contribution in [3.8, 4) is 22.9 Å². The Hall–Kier alpha value is -3.59. The van der Waals surface area contributed by atoms with Crippen LogP contribution in [0.1, 0.15) is 22.8 Å². The Labute approximate surface area is 175 Å². The maximum absolute atomic E-state index is 14.2. The molecule has 30 heavy (non-hydrogen) atoms. The van der Waals surface area contributed by atoms with Crippen LogP contribution in [-0.2, 0) is 11.3 Å². The number of aromatic nitrogens is 5. The maximum Gasteiger partial charge on any atom is 0.342 e. The summed E-state index contributed by atoms with van der Waals surface area (Å²) < 4.78 is 25.6. The van der Waals surface area contributed by atoms with Crippen LogP contribution < -0.4 is 0 Å². The van der Waals surface area contributed by atoms with Gasteiger partial charge in [-0.1, -0.05) is 35.0 Å². The second-order valence-electron chi connectivity index (χ2n) is 6.17. The Morgan fingerprint density at radius 3 is 2.80 bits per heavy atom. The zero-order valence-electron chi connectivity index (χ0n) is 15.7. The van der Waals surface area contributed by atoms with E-state index in [2.05, 4.69) is 20.2 Å². The molecule has 0 aliphatic carbocycles. The second-order valence-corrected chi connectivity index (χ2v) is 6.53. The van der Waals surface area contributed by atoms with Gasteiger partial charge in [0.1, 0.15) is 34.2 Å². The third-order valence-electron chi connectivity index (χ3n) is 4.22. The summed E-state index contributed by atoms with van der Waals surface area (Å²) in [6, 6.07) is 9.77. The van der Waals surface area contributed by atoms with Crippen molar-refractivity contribution in [2.75, 3.05) is 6.61 Å². The molecule has 3 heterocycles. The van der Waals surface area contributed by atoms with Gasteiger partial charge in [-0.15, -0.1) is 0 Å². The van der Waals surface area contributed by atoms with Crippen LogP contribution in [0.3, 0.4) is 0 Å². The molecule has 1 aromatic carbocycles. The summed E-state index contributed by atoms with van der Waals surface area (Å²) in [6.07, 6.45) is 2.71. The Morgan fingerprint density at radius 1 is 1.27 bits per heavy atom. The van der Waals surface area contributed by atoms with Gasteiger partial charge in [0, 0.05) is 17.8 Å². The number of benzene rings is 1. The van der Waals surface area contributed by atoms with Gasteiger partial charge in [-0.2, -0.15) is 5.10 Å². The standard InChI is InChI=1S/C20H15ClFN5O3/c1-2-29-20(28)13-10-23-19(24-18(13)21)16-9-17(15-7-8-30-26-15)27(25-16)11-12-5-3-4-6-14(12)22/h3-10H,2,11H2,1H3. The van der Waals surface area contributed by atoms with Crippen molar-refractivity contribution in [2.45, 2.75) is 13.5 Å². The van der Waals surface area contributed by atoms with Crippen molar-refractivity contribution in [3.63, 3.8) is 0 Å². The van der Waals surface area contributed by atoms with E-state index in [-0.39, 0.29) is 35.5 Å². The highest BCUT2D eigenvalue weighted by Gasteiger charge is 2.19. The molecule has 0 amide bonds. The van der Waals surface area contributed by atoms with E-state index in [4.69, 9.17) is 20.9 Å². The van der Waals surface area contributed by atoms with Crippen LogP contribution in [0.25, 0.3) is 22.9 Å². The lowest BCUT2D eigenvalue weighted by atomic mass is 10.2. The molecule has 0 N–H and O–H groups in total. The summed E-state index contributed by atoms with van der Waals surface area (Å²) in [4.78, 5) is 20.3. The quantitative estimate of drug-likeness (QED) is 0.339. The van der Waals surface area contributed by atoms with E-state index in [0.717, 1.165) is 0 Å². The predicted molar refractivity (Wildman–Crippen MR) is 105 cm³/mol. The molecule has 0 fully saturated rings. The first-order chi connectivity index (χ1) is 14.6. The Balaban J connectivity index is 1.74. The summed E-state index contributed by atoms with van der Waals surface area (Å²) in [7, 11) is 0. The van der Waals surface area contributed by atoms with E-state index >= 15 is 0 Å². The minimum absolute atomic E-state index is 0.0508. The molecule has 3 aromatic heterocycles. The van der Waals surface area contributed by atoms with Crippen LogP contribution >= 0.6 is 11.6 Å². The van der Waals surface area contributed by atoms with Crippen molar-refractivity contribution >= 4 is 17.6 Å². The smallest absolute Gasteiger partial charge is 0.342 e. The number of nitrogens with zero attached hydrogens (tertiary/aromatic N) is 5. The third-order valence-corrected chi connectivity index (χ3v) is 4.51. The number of hydrogen-bond acceptors (Lipinski definition) is 7. The van der Waals surface area contributed by atoms with Crippen LogP contribution in [0.4, 0.5) is 4.39 Å². The molecule has 0 bridgehead atoms. The Kier molecular flexibility index (Phi) is 5.53. The van der Waals surface area contributed by atoms with Gasteiger partial charge in [-0.3, -0.25) is 4.68 Å². The fraction of sp³-hybridized carbons (Fsp3) is 0.150. The van der Waals surface area contributed by atoms with Crippen LogP contribution in [0.2, 0.25) is 5.15 Å². The van der Waals surface area contributed by atoms with Gasteiger partial charge < -0.3 is 9.26 Å². The number of ether oxygens (including phenoxy) is 1. The van der Waals surface area contributed by atoms with Gasteiger partial charge in [0.15, 0.2) is 5.82 Å². The third kappa shape index (κ3) is 3.92. The van der Waals surface area contributed by atoms with E-state index < -0.39 is 5.97 Å². The highest BCUT2D eigenvalue weighted by molar-refractivity contribution is 6.32. The molecular weight excluding hydrogens is 413 g/mol. The van der Waals surface area contributed by atoms with E-state index in [1.807, 2.05) is 0 Å². The van der Waals surface area contributed by atoms with E-state index in [9.17, 15) is 9.18 Å². The van der Waals surface area contributed by atoms with Gasteiger partial charge in [0.05, 0.1) is 18.8 Å².